The predicted octanol–water partition coefficient (Wildman–Crippen LogP) is 5.35. The molecule has 0 spiro atoms. The van der Waals surface area contributed by atoms with Gasteiger partial charge in [0.05, 0.1) is 0 Å². The Hall–Kier alpha value is -3.50. The molecule has 0 atom stereocenters. The molecular formula is C22H12F3N. The second kappa shape index (κ2) is 7.17. The fourth-order valence-electron chi connectivity index (χ4n) is 2.48. The van der Waals surface area contributed by atoms with Crippen LogP contribution < -0.4 is 0 Å². The van der Waals surface area contributed by atoms with Crippen LogP contribution in [0.3, 0.4) is 0 Å². The lowest BCUT2D eigenvalue weighted by Crippen LogP contribution is -1.91. The third kappa shape index (κ3) is 3.61. The van der Waals surface area contributed by atoms with Crippen molar-refractivity contribution in [3.05, 3.63) is 94.3 Å². The van der Waals surface area contributed by atoms with E-state index in [1.54, 1.807) is 30.3 Å². The predicted molar refractivity (Wildman–Crippen MR) is 93.6 cm³/mol. The minimum atomic E-state index is -0.943. The zero-order valence-electron chi connectivity index (χ0n) is 13.8. The van der Waals surface area contributed by atoms with Gasteiger partial charge in [0.2, 0.25) is 0 Å². The van der Waals surface area contributed by atoms with Gasteiger partial charge in [-0.05, 0) is 48.4 Å². The molecule has 126 valence electrons. The highest BCUT2D eigenvalue weighted by atomic mass is 19.1. The Bertz CT molecular complexity index is 1060. The van der Waals surface area contributed by atoms with Gasteiger partial charge in [0.15, 0.2) is 0 Å². The Kier molecular flexibility index (Phi) is 4.78. The first-order valence-corrected chi connectivity index (χ1v) is 7.75. The third-order valence-electron chi connectivity index (χ3n) is 3.83. The molecular weight excluding hydrogens is 335 g/mol. The van der Waals surface area contributed by atoms with Crippen molar-refractivity contribution < 1.29 is 13.2 Å². The van der Waals surface area contributed by atoms with Crippen molar-refractivity contribution in [1.29, 1.82) is 5.26 Å². The average Bonchev–Trinajstić information content (AvgIpc) is 2.60. The number of rotatable bonds is 1. The Morgan fingerprint density at radius 2 is 1.35 bits per heavy atom. The molecule has 1 nitrogen and oxygen atoms in total. The molecule has 3 aromatic rings. The first-order chi connectivity index (χ1) is 12.5. The van der Waals surface area contributed by atoms with Crippen LogP contribution in [0.2, 0.25) is 0 Å². The Morgan fingerprint density at radius 1 is 0.731 bits per heavy atom. The van der Waals surface area contributed by atoms with Gasteiger partial charge in [0.25, 0.3) is 0 Å². The summed E-state index contributed by atoms with van der Waals surface area (Å²) in [7, 11) is 0. The van der Waals surface area contributed by atoms with Crippen LogP contribution >= 0.6 is 0 Å². The maximum atomic E-state index is 14.0. The van der Waals surface area contributed by atoms with E-state index < -0.39 is 17.2 Å². The van der Waals surface area contributed by atoms with E-state index in [9.17, 15) is 13.2 Å². The zero-order valence-corrected chi connectivity index (χ0v) is 13.8. The third-order valence-corrected chi connectivity index (χ3v) is 3.83. The van der Waals surface area contributed by atoms with E-state index in [4.69, 9.17) is 5.26 Å². The molecule has 4 heteroatoms. The van der Waals surface area contributed by atoms with Crippen molar-refractivity contribution >= 4 is 0 Å². The lowest BCUT2D eigenvalue weighted by atomic mass is 10.0. The number of hydrogen-bond donors (Lipinski definition) is 0. The van der Waals surface area contributed by atoms with Gasteiger partial charge in [-0.3, -0.25) is 0 Å². The minimum Gasteiger partial charge on any atom is -0.206 e. The van der Waals surface area contributed by atoms with Crippen LogP contribution in [0.5, 0.6) is 0 Å². The van der Waals surface area contributed by atoms with E-state index >= 15 is 0 Å². The molecule has 0 aromatic heterocycles. The van der Waals surface area contributed by atoms with Crippen molar-refractivity contribution in [1.82, 2.24) is 0 Å². The molecule has 0 aliphatic heterocycles. The van der Waals surface area contributed by atoms with Crippen molar-refractivity contribution in [2.45, 2.75) is 6.92 Å². The van der Waals surface area contributed by atoms with Gasteiger partial charge in [-0.15, -0.1) is 0 Å². The standard InChI is InChI=1S/C22H12F3N/c1-14-2-9-18(20(23)10-14)17-7-5-15(6-8-17)3-4-16-11-21(24)19(13-26)22(25)12-16/h2,5-12H,1H3. The largest absolute Gasteiger partial charge is 0.206 e. The van der Waals surface area contributed by atoms with Crippen LogP contribution in [0.25, 0.3) is 11.1 Å². The highest BCUT2D eigenvalue weighted by molar-refractivity contribution is 5.65. The summed E-state index contributed by atoms with van der Waals surface area (Å²) in [4.78, 5) is 0. The normalized spacial score (nSPS) is 9.96. The Labute approximate surface area is 149 Å². The van der Waals surface area contributed by atoms with Crippen molar-refractivity contribution in [2.75, 3.05) is 0 Å². The number of nitrogens with zero attached hydrogens (tertiary/aromatic N) is 1. The quantitative estimate of drug-likeness (QED) is 0.544. The number of halogens is 3. The van der Waals surface area contributed by atoms with Crippen LogP contribution in [-0.4, -0.2) is 0 Å². The summed E-state index contributed by atoms with van der Waals surface area (Å²) in [6, 6.07) is 15.4. The molecule has 0 unspecified atom stereocenters. The molecule has 3 aromatic carbocycles. The van der Waals surface area contributed by atoms with Gasteiger partial charge in [-0.25, -0.2) is 13.2 Å². The highest BCUT2D eigenvalue weighted by Gasteiger charge is 2.09. The van der Waals surface area contributed by atoms with Crippen LogP contribution in [0.15, 0.2) is 54.6 Å². The smallest absolute Gasteiger partial charge is 0.145 e. The van der Waals surface area contributed by atoms with E-state index in [1.165, 1.54) is 12.1 Å². The zero-order chi connectivity index (χ0) is 18.7. The Balaban J connectivity index is 1.87. The molecule has 0 amide bonds. The monoisotopic (exact) mass is 347 g/mol. The number of aryl methyl sites for hydroxylation is 1. The fraction of sp³-hybridized carbons (Fsp3) is 0.0455. The van der Waals surface area contributed by atoms with Gasteiger partial charge in [-0.2, -0.15) is 5.26 Å². The lowest BCUT2D eigenvalue weighted by Gasteiger charge is -2.04. The van der Waals surface area contributed by atoms with E-state index in [0.29, 0.717) is 16.7 Å². The molecule has 3 rings (SSSR count). The van der Waals surface area contributed by atoms with Crippen LogP contribution in [0, 0.1) is 47.5 Å². The van der Waals surface area contributed by atoms with E-state index in [-0.39, 0.29) is 11.4 Å². The molecule has 0 radical (unpaired) electrons. The second-order valence-electron chi connectivity index (χ2n) is 5.74. The van der Waals surface area contributed by atoms with Crippen molar-refractivity contribution in [3.63, 3.8) is 0 Å². The van der Waals surface area contributed by atoms with Crippen LogP contribution in [-0.2, 0) is 0 Å². The highest BCUT2D eigenvalue weighted by Crippen LogP contribution is 2.24. The van der Waals surface area contributed by atoms with Gasteiger partial charge >= 0.3 is 0 Å². The first-order valence-electron chi connectivity index (χ1n) is 7.75. The fourth-order valence-corrected chi connectivity index (χ4v) is 2.48. The summed E-state index contributed by atoms with van der Waals surface area (Å²) < 4.78 is 41.2. The van der Waals surface area contributed by atoms with Crippen LogP contribution in [0.1, 0.15) is 22.3 Å². The first kappa shape index (κ1) is 17.3. The van der Waals surface area contributed by atoms with Crippen molar-refractivity contribution in [2.24, 2.45) is 0 Å². The second-order valence-corrected chi connectivity index (χ2v) is 5.74. The van der Waals surface area contributed by atoms with E-state index in [2.05, 4.69) is 11.8 Å². The maximum absolute atomic E-state index is 14.0. The maximum Gasteiger partial charge on any atom is 0.145 e. The molecule has 0 fully saturated rings. The van der Waals surface area contributed by atoms with Gasteiger partial charge in [-0.1, -0.05) is 36.1 Å². The summed E-state index contributed by atoms with van der Waals surface area (Å²) in [5.74, 6) is 3.27. The molecule has 0 bridgehead atoms. The molecule has 0 saturated carbocycles. The molecule has 0 aliphatic carbocycles. The number of benzene rings is 3. The summed E-state index contributed by atoms with van der Waals surface area (Å²) >= 11 is 0. The average molecular weight is 347 g/mol. The summed E-state index contributed by atoms with van der Waals surface area (Å²) in [5, 5.41) is 8.66. The van der Waals surface area contributed by atoms with E-state index in [0.717, 1.165) is 17.7 Å². The molecule has 26 heavy (non-hydrogen) atoms. The topological polar surface area (TPSA) is 23.8 Å². The summed E-state index contributed by atoms with van der Waals surface area (Å²) in [5.41, 5.74) is 2.17. The lowest BCUT2D eigenvalue weighted by molar-refractivity contribution is 0.576. The minimum absolute atomic E-state index is 0.132. The van der Waals surface area contributed by atoms with E-state index in [1.807, 2.05) is 13.0 Å². The van der Waals surface area contributed by atoms with Crippen molar-refractivity contribution in [3.8, 4) is 29.0 Å². The van der Waals surface area contributed by atoms with Gasteiger partial charge < -0.3 is 0 Å². The summed E-state index contributed by atoms with van der Waals surface area (Å²) in [6.45, 7) is 1.82. The van der Waals surface area contributed by atoms with Gasteiger partial charge in [0, 0.05) is 16.7 Å². The van der Waals surface area contributed by atoms with Crippen LogP contribution in [0.4, 0.5) is 13.2 Å². The summed E-state index contributed by atoms with van der Waals surface area (Å²) in [6.07, 6.45) is 0. The molecule has 0 N–H and O–H groups in total. The van der Waals surface area contributed by atoms with Gasteiger partial charge in [0.1, 0.15) is 29.1 Å². The number of hydrogen-bond acceptors (Lipinski definition) is 1. The molecule has 0 aliphatic rings. The number of nitriles is 1. The molecule has 0 heterocycles. The Morgan fingerprint density at radius 3 is 1.92 bits per heavy atom. The molecule has 0 saturated heterocycles. The SMILES string of the molecule is Cc1ccc(-c2ccc(C#Cc3cc(F)c(C#N)c(F)c3)cc2)c(F)c1.